The van der Waals surface area contributed by atoms with Gasteiger partial charge in [0.05, 0.1) is 25.0 Å². The minimum atomic E-state index is -2.79. The number of halogens is 2. The highest BCUT2D eigenvalue weighted by atomic mass is 19.3. The summed E-state index contributed by atoms with van der Waals surface area (Å²) in [6, 6.07) is 0.959. The second kappa shape index (κ2) is 6.25. The van der Waals surface area contributed by atoms with Crippen LogP contribution in [0, 0.1) is 0 Å². The van der Waals surface area contributed by atoms with E-state index >= 15 is 0 Å². The van der Waals surface area contributed by atoms with E-state index in [1.807, 2.05) is 0 Å². The van der Waals surface area contributed by atoms with Gasteiger partial charge in [0.2, 0.25) is 0 Å². The SMILES string of the molecule is CCOC(=O)c1cc(C(F)F)c(OC)c(CN)n1. The third-order valence-electron chi connectivity index (χ3n) is 2.19. The van der Waals surface area contributed by atoms with Crippen LogP contribution in [0.25, 0.3) is 0 Å². The third-order valence-corrected chi connectivity index (χ3v) is 2.19. The summed E-state index contributed by atoms with van der Waals surface area (Å²) in [7, 11) is 1.24. The van der Waals surface area contributed by atoms with Gasteiger partial charge >= 0.3 is 5.97 Å². The molecule has 1 heterocycles. The summed E-state index contributed by atoms with van der Waals surface area (Å²) >= 11 is 0. The van der Waals surface area contributed by atoms with Gasteiger partial charge in [-0.1, -0.05) is 0 Å². The molecule has 0 saturated heterocycles. The van der Waals surface area contributed by atoms with Crippen molar-refractivity contribution in [2.45, 2.75) is 19.9 Å². The Hall–Kier alpha value is -1.76. The van der Waals surface area contributed by atoms with Gasteiger partial charge in [-0.15, -0.1) is 0 Å². The third kappa shape index (κ3) is 2.92. The predicted molar refractivity (Wildman–Crippen MR) is 59.6 cm³/mol. The zero-order valence-electron chi connectivity index (χ0n) is 10.1. The van der Waals surface area contributed by atoms with Gasteiger partial charge in [0.15, 0.2) is 5.75 Å². The van der Waals surface area contributed by atoms with Gasteiger partial charge in [0.25, 0.3) is 6.43 Å². The average molecular weight is 260 g/mol. The van der Waals surface area contributed by atoms with Crippen LogP contribution < -0.4 is 10.5 Å². The first-order valence-electron chi connectivity index (χ1n) is 5.28. The molecule has 0 amide bonds. The molecule has 0 spiro atoms. The highest BCUT2D eigenvalue weighted by Crippen LogP contribution is 2.31. The summed E-state index contributed by atoms with van der Waals surface area (Å²) in [4.78, 5) is 15.3. The Kier molecular flexibility index (Phi) is 4.96. The number of aromatic nitrogens is 1. The van der Waals surface area contributed by atoms with E-state index in [2.05, 4.69) is 4.98 Å². The predicted octanol–water partition coefficient (Wildman–Crippen LogP) is 1.66. The van der Waals surface area contributed by atoms with Gasteiger partial charge in [0, 0.05) is 6.54 Å². The topological polar surface area (TPSA) is 74.4 Å². The molecule has 0 atom stereocenters. The molecule has 2 N–H and O–H groups in total. The van der Waals surface area contributed by atoms with Crippen molar-refractivity contribution in [3.05, 3.63) is 23.0 Å². The summed E-state index contributed by atoms with van der Waals surface area (Å²) in [5, 5.41) is 0. The van der Waals surface area contributed by atoms with Gasteiger partial charge in [-0.25, -0.2) is 18.6 Å². The smallest absolute Gasteiger partial charge is 0.356 e. The van der Waals surface area contributed by atoms with E-state index in [4.69, 9.17) is 15.2 Å². The number of hydrogen-bond acceptors (Lipinski definition) is 5. The second-order valence-electron chi connectivity index (χ2n) is 3.30. The van der Waals surface area contributed by atoms with Crippen molar-refractivity contribution in [2.24, 2.45) is 5.73 Å². The molecule has 0 unspecified atom stereocenters. The Balaban J connectivity index is 3.31. The van der Waals surface area contributed by atoms with Crippen LogP contribution in [-0.2, 0) is 11.3 Å². The maximum absolute atomic E-state index is 12.9. The summed E-state index contributed by atoms with van der Waals surface area (Å²) in [5.74, 6) is -0.864. The zero-order chi connectivity index (χ0) is 13.7. The molecular formula is C11H14F2N2O3. The Morgan fingerprint density at radius 1 is 1.56 bits per heavy atom. The molecule has 1 aromatic heterocycles. The van der Waals surface area contributed by atoms with E-state index in [0.29, 0.717) is 0 Å². The monoisotopic (exact) mass is 260 g/mol. The van der Waals surface area contributed by atoms with Crippen LogP contribution in [0.1, 0.15) is 35.1 Å². The molecule has 0 saturated carbocycles. The van der Waals surface area contributed by atoms with E-state index in [9.17, 15) is 13.6 Å². The lowest BCUT2D eigenvalue weighted by molar-refractivity contribution is 0.0518. The number of rotatable bonds is 5. The van der Waals surface area contributed by atoms with E-state index in [0.717, 1.165) is 6.07 Å². The number of esters is 1. The fourth-order valence-corrected chi connectivity index (χ4v) is 1.45. The fraction of sp³-hybridized carbons (Fsp3) is 0.455. The molecule has 7 heteroatoms. The first kappa shape index (κ1) is 14.3. The van der Waals surface area contributed by atoms with Gasteiger partial charge < -0.3 is 15.2 Å². The first-order chi connectivity index (χ1) is 8.54. The van der Waals surface area contributed by atoms with Gasteiger partial charge in [-0.2, -0.15) is 0 Å². The maximum Gasteiger partial charge on any atom is 0.356 e. The lowest BCUT2D eigenvalue weighted by Gasteiger charge is -2.13. The quantitative estimate of drug-likeness (QED) is 0.815. The molecule has 5 nitrogen and oxygen atoms in total. The standard InChI is InChI=1S/C11H14F2N2O3/c1-3-18-11(16)7-4-6(10(12)13)9(17-2)8(5-14)15-7/h4,10H,3,5,14H2,1-2H3. The normalized spacial score (nSPS) is 10.6. The van der Waals surface area contributed by atoms with Crippen LogP contribution in [0.15, 0.2) is 6.07 Å². The van der Waals surface area contributed by atoms with E-state index in [1.165, 1.54) is 7.11 Å². The summed E-state index contributed by atoms with van der Waals surface area (Å²) < 4.78 is 35.3. The van der Waals surface area contributed by atoms with Gasteiger partial charge in [-0.05, 0) is 13.0 Å². The number of nitrogens with zero attached hydrogens (tertiary/aromatic N) is 1. The van der Waals surface area contributed by atoms with Crippen molar-refractivity contribution < 1.29 is 23.0 Å². The van der Waals surface area contributed by atoms with E-state index < -0.39 is 18.0 Å². The molecule has 0 bridgehead atoms. The molecule has 1 rings (SSSR count). The minimum absolute atomic E-state index is 0.0957. The minimum Gasteiger partial charge on any atom is -0.494 e. The average Bonchev–Trinajstić information content (AvgIpc) is 2.37. The lowest BCUT2D eigenvalue weighted by atomic mass is 10.1. The van der Waals surface area contributed by atoms with Crippen LogP contribution >= 0.6 is 0 Å². The van der Waals surface area contributed by atoms with Crippen LogP contribution in [0.5, 0.6) is 5.75 Å². The molecule has 100 valence electrons. The Labute approximate surface area is 103 Å². The van der Waals surface area contributed by atoms with Crippen LogP contribution in [-0.4, -0.2) is 24.7 Å². The number of hydrogen-bond donors (Lipinski definition) is 1. The van der Waals surface area contributed by atoms with Gasteiger partial charge in [0.1, 0.15) is 5.69 Å². The Morgan fingerprint density at radius 3 is 2.67 bits per heavy atom. The van der Waals surface area contributed by atoms with Crippen LogP contribution in [0.2, 0.25) is 0 Å². The van der Waals surface area contributed by atoms with Gasteiger partial charge in [-0.3, -0.25) is 0 Å². The number of nitrogens with two attached hydrogens (primary N) is 1. The number of alkyl halides is 2. The molecule has 0 aliphatic heterocycles. The van der Waals surface area contributed by atoms with Crippen molar-refractivity contribution >= 4 is 5.97 Å². The molecule has 0 aliphatic rings. The zero-order valence-corrected chi connectivity index (χ0v) is 10.1. The van der Waals surface area contributed by atoms with Crippen molar-refractivity contribution in [3.63, 3.8) is 0 Å². The number of pyridine rings is 1. The largest absolute Gasteiger partial charge is 0.494 e. The fourth-order valence-electron chi connectivity index (χ4n) is 1.45. The highest BCUT2D eigenvalue weighted by molar-refractivity contribution is 5.87. The van der Waals surface area contributed by atoms with Crippen molar-refractivity contribution in [1.82, 2.24) is 4.98 Å². The Morgan fingerprint density at radius 2 is 2.22 bits per heavy atom. The number of methoxy groups -OCH3 is 1. The highest BCUT2D eigenvalue weighted by Gasteiger charge is 2.22. The van der Waals surface area contributed by atoms with E-state index in [-0.39, 0.29) is 30.3 Å². The van der Waals surface area contributed by atoms with Crippen molar-refractivity contribution in [1.29, 1.82) is 0 Å². The molecule has 0 radical (unpaired) electrons. The number of carbonyl (C=O) groups excluding carboxylic acids is 1. The van der Waals surface area contributed by atoms with Crippen molar-refractivity contribution in [3.8, 4) is 5.75 Å². The Bertz CT molecular complexity index is 439. The number of ether oxygens (including phenoxy) is 2. The summed E-state index contributed by atoms with van der Waals surface area (Å²) in [5.41, 5.74) is 4.87. The van der Waals surface area contributed by atoms with Crippen molar-refractivity contribution in [2.75, 3.05) is 13.7 Å². The summed E-state index contributed by atoms with van der Waals surface area (Å²) in [6.45, 7) is 1.63. The molecule has 18 heavy (non-hydrogen) atoms. The maximum atomic E-state index is 12.9. The lowest BCUT2D eigenvalue weighted by Crippen LogP contribution is -2.13. The van der Waals surface area contributed by atoms with Crippen LogP contribution in [0.3, 0.4) is 0 Å². The molecule has 0 aliphatic carbocycles. The first-order valence-corrected chi connectivity index (χ1v) is 5.28. The van der Waals surface area contributed by atoms with E-state index in [1.54, 1.807) is 6.92 Å². The van der Waals surface area contributed by atoms with Crippen LogP contribution in [0.4, 0.5) is 8.78 Å². The molecule has 1 aromatic rings. The number of carbonyl (C=O) groups is 1. The second-order valence-corrected chi connectivity index (χ2v) is 3.30. The molecular weight excluding hydrogens is 246 g/mol. The molecule has 0 aromatic carbocycles. The summed E-state index contributed by atoms with van der Waals surface area (Å²) in [6.07, 6.45) is -2.79. The molecule has 0 fully saturated rings.